The summed E-state index contributed by atoms with van der Waals surface area (Å²) in [7, 11) is 1.49. The third-order valence-corrected chi connectivity index (χ3v) is 3.97. The molecule has 0 fully saturated rings. The fourth-order valence-electron chi connectivity index (χ4n) is 2.69. The predicted octanol–water partition coefficient (Wildman–Crippen LogP) is 2.22. The Morgan fingerprint density at radius 3 is 2.71 bits per heavy atom. The minimum absolute atomic E-state index is 0.227. The van der Waals surface area contributed by atoms with Crippen molar-refractivity contribution in [2.45, 2.75) is 19.4 Å². The van der Waals surface area contributed by atoms with E-state index in [1.54, 1.807) is 24.0 Å². The zero-order valence-electron chi connectivity index (χ0n) is 13.6. The first-order chi connectivity index (χ1) is 11.6. The second kappa shape index (κ2) is 6.70. The Bertz CT molecular complexity index is 758. The molecule has 0 saturated carbocycles. The number of nitrogens with zero attached hydrogens (tertiary/aromatic N) is 2. The maximum Gasteiger partial charge on any atom is 0.340 e. The van der Waals surface area contributed by atoms with Crippen LogP contribution in [-0.4, -0.2) is 36.6 Å². The smallest absolute Gasteiger partial charge is 0.340 e. The van der Waals surface area contributed by atoms with Crippen LogP contribution in [0.4, 0.5) is 5.69 Å². The third kappa shape index (κ3) is 3.08. The maximum atomic E-state index is 12.6. The van der Waals surface area contributed by atoms with Crippen molar-refractivity contribution < 1.29 is 19.1 Å². The second-order valence-electron chi connectivity index (χ2n) is 5.51. The van der Waals surface area contributed by atoms with E-state index in [0.29, 0.717) is 12.4 Å². The summed E-state index contributed by atoms with van der Waals surface area (Å²) < 4.78 is 10.2. The Hall–Kier alpha value is -2.89. The van der Waals surface area contributed by atoms with Crippen molar-refractivity contribution in [2.75, 3.05) is 18.6 Å². The van der Waals surface area contributed by atoms with E-state index in [1.165, 1.54) is 13.3 Å². The van der Waals surface area contributed by atoms with Gasteiger partial charge in [-0.1, -0.05) is 18.2 Å². The summed E-state index contributed by atoms with van der Waals surface area (Å²) in [6, 6.07) is 10.9. The lowest BCUT2D eigenvalue weighted by molar-refractivity contribution is -0.126. The molecule has 0 bridgehead atoms. The molecule has 6 nitrogen and oxygen atoms in total. The number of benzene rings is 1. The van der Waals surface area contributed by atoms with Gasteiger partial charge >= 0.3 is 5.97 Å². The Labute approximate surface area is 140 Å². The molecule has 1 aliphatic rings. The molecular weight excluding hydrogens is 308 g/mol. The van der Waals surface area contributed by atoms with Gasteiger partial charge in [-0.2, -0.15) is 0 Å². The number of fused-ring (bicyclic) bond motifs is 1. The molecule has 0 spiro atoms. The van der Waals surface area contributed by atoms with Crippen molar-refractivity contribution in [3.63, 3.8) is 0 Å². The highest BCUT2D eigenvalue weighted by Gasteiger charge is 2.29. The summed E-state index contributed by atoms with van der Waals surface area (Å²) in [4.78, 5) is 30.4. The Morgan fingerprint density at radius 2 is 2.00 bits per heavy atom. The van der Waals surface area contributed by atoms with Crippen LogP contribution in [0.5, 0.6) is 5.88 Å². The van der Waals surface area contributed by atoms with Crippen LogP contribution in [0.15, 0.2) is 42.6 Å². The van der Waals surface area contributed by atoms with Gasteiger partial charge in [-0.05, 0) is 31.0 Å². The Morgan fingerprint density at radius 1 is 1.21 bits per heavy atom. The molecule has 1 amide bonds. The highest BCUT2D eigenvalue weighted by molar-refractivity contribution is 6.00. The minimum Gasteiger partial charge on any atom is -0.481 e. The summed E-state index contributed by atoms with van der Waals surface area (Å²) >= 11 is 0. The van der Waals surface area contributed by atoms with Gasteiger partial charge in [0.25, 0.3) is 5.91 Å². The van der Waals surface area contributed by atoms with Gasteiger partial charge in [0.2, 0.25) is 5.88 Å². The Balaban J connectivity index is 1.67. The van der Waals surface area contributed by atoms with Crippen molar-refractivity contribution in [2.24, 2.45) is 0 Å². The molecule has 0 radical (unpaired) electrons. The number of carbonyl (C=O) groups excluding carboxylic acids is 2. The fraction of sp³-hybridized carbons (Fsp3) is 0.278. The van der Waals surface area contributed by atoms with E-state index in [4.69, 9.17) is 9.47 Å². The topological polar surface area (TPSA) is 68.7 Å². The van der Waals surface area contributed by atoms with E-state index in [0.717, 1.165) is 17.7 Å². The molecule has 2 heterocycles. The highest BCUT2D eigenvalue weighted by Crippen LogP contribution is 2.28. The highest BCUT2D eigenvalue weighted by atomic mass is 16.5. The van der Waals surface area contributed by atoms with Crippen LogP contribution in [-0.2, 0) is 16.0 Å². The number of aromatic nitrogens is 1. The number of esters is 1. The molecule has 6 heteroatoms. The normalized spacial score (nSPS) is 14.0. The molecule has 1 atom stereocenters. The summed E-state index contributed by atoms with van der Waals surface area (Å²) in [5.74, 6) is -0.405. The minimum atomic E-state index is -0.870. The van der Waals surface area contributed by atoms with Gasteiger partial charge in [-0.25, -0.2) is 9.78 Å². The number of hydrogen-bond acceptors (Lipinski definition) is 5. The molecule has 0 N–H and O–H groups in total. The number of rotatable bonds is 4. The fourth-order valence-corrected chi connectivity index (χ4v) is 2.69. The van der Waals surface area contributed by atoms with E-state index in [9.17, 15) is 9.59 Å². The molecule has 1 aromatic heterocycles. The van der Waals surface area contributed by atoms with Gasteiger partial charge in [0.05, 0.1) is 12.7 Å². The molecule has 1 aromatic carbocycles. The van der Waals surface area contributed by atoms with Crippen molar-refractivity contribution >= 4 is 17.6 Å². The van der Waals surface area contributed by atoms with Crippen LogP contribution < -0.4 is 9.64 Å². The molecule has 2 aromatic rings. The Kier molecular flexibility index (Phi) is 4.46. The average Bonchev–Trinajstić information content (AvgIpc) is 3.05. The van der Waals surface area contributed by atoms with Crippen molar-refractivity contribution in [1.82, 2.24) is 4.98 Å². The second-order valence-corrected chi connectivity index (χ2v) is 5.51. The lowest BCUT2D eigenvalue weighted by Gasteiger charge is -2.21. The number of ether oxygens (including phenoxy) is 2. The number of anilines is 1. The number of methoxy groups -OCH3 is 1. The van der Waals surface area contributed by atoms with Crippen LogP contribution in [0.25, 0.3) is 0 Å². The number of pyridine rings is 1. The van der Waals surface area contributed by atoms with Gasteiger partial charge in [0, 0.05) is 24.5 Å². The molecule has 0 saturated heterocycles. The number of carbonyl (C=O) groups is 2. The first kappa shape index (κ1) is 16.0. The van der Waals surface area contributed by atoms with E-state index < -0.39 is 12.1 Å². The number of hydrogen-bond donors (Lipinski definition) is 0. The van der Waals surface area contributed by atoms with E-state index in [2.05, 4.69) is 4.98 Å². The summed E-state index contributed by atoms with van der Waals surface area (Å²) in [5, 5.41) is 0. The SMILES string of the molecule is COc1ccc(C(=O)OC(C)C(=O)N2CCc3ccccc32)cn1. The maximum absolute atomic E-state index is 12.6. The lowest BCUT2D eigenvalue weighted by atomic mass is 10.2. The molecule has 1 aliphatic heterocycles. The molecule has 3 rings (SSSR count). The van der Waals surface area contributed by atoms with Gasteiger partial charge < -0.3 is 14.4 Å². The van der Waals surface area contributed by atoms with E-state index >= 15 is 0 Å². The van der Waals surface area contributed by atoms with Gasteiger partial charge in [0.15, 0.2) is 6.10 Å². The van der Waals surface area contributed by atoms with Crippen LogP contribution in [0, 0.1) is 0 Å². The van der Waals surface area contributed by atoms with Gasteiger partial charge in [-0.3, -0.25) is 4.79 Å². The zero-order valence-corrected chi connectivity index (χ0v) is 13.6. The summed E-state index contributed by atoms with van der Waals surface area (Å²) in [5.41, 5.74) is 2.29. The first-order valence-electron chi connectivity index (χ1n) is 7.70. The third-order valence-electron chi connectivity index (χ3n) is 3.97. The monoisotopic (exact) mass is 326 g/mol. The molecule has 0 aliphatic carbocycles. The zero-order chi connectivity index (χ0) is 17.1. The molecule has 24 heavy (non-hydrogen) atoms. The van der Waals surface area contributed by atoms with E-state index in [-0.39, 0.29) is 11.5 Å². The van der Waals surface area contributed by atoms with E-state index in [1.807, 2.05) is 24.3 Å². The van der Waals surface area contributed by atoms with Crippen LogP contribution in [0.2, 0.25) is 0 Å². The summed E-state index contributed by atoms with van der Waals surface area (Å²) in [6.45, 7) is 2.18. The van der Waals surface area contributed by atoms with Crippen molar-refractivity contribution in [1.29, 1.82) is 0 Å². The standard InChI is InChI=1S/C18H18N2O4/c1-12(24-18(22)14-7-8-16(23-2)19-11-14)17(21)20-10-9-13-5-3-4-6-15(13)20/h3-8,11-12H,9-10H2,1-2H3. The molecule has 124 valence electrons. The first-order valence-corrected chi connectivity index (χ1v) is 7.70. The van der Waals surface area contributed by atoms with Crippen molar-refractivity contribution in [3.05, 3.63) is 53.7 Å². The molecular formula is C18H18N2O4. The van der Waals surface area contributed by atoms with Gasteiger partial charge in [0.1, 0.15) is 0 Å². The largest absolute Gasteiger partial charge is 0.481 e. The lowest BCUT2D eigenvalue weighted by Crippen LogP contribution is -2.39. The number of para-hydroxylation sites is 1. The van der Waals surface area contributed by atoms with Gasteiger partial charge in [-0.15, -0.1) is 0 Å². The van der Waals surface area contributed by atoms with Crippen LogP contribution >= 0.6 is 0 Å². The summed E-state index contributed by atoms with van der Waals surface area (Å²) in [6.07, 6.45) is 1.31. The van der Waals surface area contributed by atoms with Crippen LogP contribution in [0.1, 0.15) is 22.8 Å². The van der Waals surface area contributed by atoms with Crippen LogP contribution in [0.3, 0.4) is 0 Å². The average molecular weight is 326 g/mol. The number of amides is 1. The van der Waals surface area contributed by atoms with Crippen molar-refractivity contribution in [3.8, 4) is 5.88 Å². The molecule has 1 unspecified atom stereocenters. The quantitative estimate of drug-likeness (QED) is 0.806. The predicted molar refractivity (Wildman–Crippen MR) is 88.2 cm³/mol.